The maximum Gasteiger partial charge on any atom is 0.417 e. The number of aromatic nitrogens is 3. The third-order valence-corrected chi connectivity index (χ3v) is 4.94. The number of aliphatic hydroxyl groups is 1. The number of hydrogen-bond donors (Lipinski definition) is 1. The van der Waals surface area contributed by atoms with Crippen LogP contribution in [-0.4, -0.2) is 25.4 Å². The average Bonchev–Trinajstić information content (AvgIpc) is 3.06. The minimum absolute atomic E-state index is 0.0993. The summed E-state index contributed by atoms with van der Waals surface area (Å²) in [7, 11) is 0. The van der Waals surface area contributed by atoms with E-state index in [2.05, 4.69) is 15.0 Å². The molecule has 2 aromatic heterocycles. The lowest BCUT2D eigenvalue weighted by molar-refractivity contribution is -0.137. The summed E-state index contributed by atoms with van der Waals surface area (Å²) in [6, 6.07) is 3.93. The van der Waals surface area contributed by atoms with Crippen LogP contribution in [0.2, 0.25) is 5.02 Å². The van der Waals surface area contributed by atoms with Crippen LogP contribution in [0.15, 0.2) is 41.7 Å². The van der Waals surface area contributed by atoms with Gasteiger partial charge in [0, 0.05) is 18.0 Å². The van der Waals surface area contributed by atoms with Gasteiger partial charge in [0.1, 0.15) is 17.6 Å². The molecule has 1 aromatic carbocycles. The fourth-order valence-corrected chi connectivity index (χ4v) is 3.63. The van der Waals surface area contributed by atoms with Crippen LogP contribution >= 0.6 is 11.6 Å². The predicted molar refractivity (Wildman–Crippen MR) is 97.7 cm³/mol. The summed E-state index contributed by atoms with van der Waals surface area (Å²) in [6.07, 6.45) is -1.91. The number of pyridine rings is 1. The van der Waals surface area contributed by atoms with Crippen LogP contribution in [0, 0.1) is 5.82 Å². The Hall–Kier alpha value is -2.78. The van der Waals surface area contributed by atoms with Gasteiger partial charge in [0.15, 0.2) is 5.82 Å². The molecule has 1 aliphatic rings. The maximum absolute atomic E-state index is 14.5. The highest BCUT2D eigenvalue weighted by atomic mass is 35.5. The van der Waals surface area contributed by atoms with Gasteiger partial charge in [-0.15, -0.1) is 0 Å². The van der Waals surface area contributed by atoms with E-state index >= 15 is 0 Å². The molecule has 29 heavy (non-hydrogen) atoms. The van der Waals surface area contributed by atoms with Crippen molar-refractivity contribution in [2.45, 2.75) is 25.7 Å². The van der Waals surface area contributed by atoms with Gasteiger partial charge in [-0.25, -0.2) is 9.37 Å². The Morgan fingerprint density at radius 3 is 2.66 bits per heavy atom. The molecule has 0 radical (unpaired) electrons. The molecule has 0 unspecified atom stereocenters. The number of aliphatic imine (C=N–C) groups is 1. The van der Waals surface area contributed by atoms with Crippen LogP contribution in [0.25, 0.3) is 5.69 Å². The van der Waals surface area contributed by atoms with E-state index in [0.717, 1.165) is 12.1 Å². The summed E-state index contributed by atoms with van der Waals surface area (Å²) in [5, 5.41) is 8.80. The van der Waals surface area contributed by atoms with Crippen molar-refractivity contribution in [2.75, 3.05) is 0 Å². The fraction of sp³-hybridized carbons (Fsp3) is 0.211. The molecule has 1 aliphatic heterocycles. The summed E-state index contributed by atoms with van der Waals surface area (Å²) in [4.78, 5) is 12.7. The van der Waals surface area contributed by atoms with Crippen molar-refractivity contribution in [3.8, 4) is 5.69 Å². The molecule has 10 heteroatoms. The first-order valence-electron chi connectivity index (χ1n) is 8.50. The third-order valence-electron chi connectivity index (χ3n) is 4.55. The van der Waals surface area contributed by atoms with Crippen LogP contribution in [0.4, 0.5) is 17.6 Å². The zero-order valence-electron chi connectivity index (χ0n) is 14.9. The molecule has 0 saturated heterocycles. The van der Waals surface area contributed by atoms with E-state index < -0.39 is 28.6 Å². The largest absolute Gasteiger partial charge is 0.417 e. The van der Waals surface area contributed by atoms with Crippen LogP contribution in [0.5, 0.6) is 0 Å². The van der Waals surface area contributed by atoms with Gasteiger partial charge in [-0.2, -0.15) is 13.2 Å². The highest BCUT2D eigenvalue weighted by molar-refractivity contribution is 6.37. The molecule has 0 aliphatic carbocycles. The van der Waals surface area contributed by atoms with Crippen molar-refractivity contribution in [1.29, 1.82) is 0 Å². The molecule has 5 nitrogen and oxygen atoms in total. The van der Waals surface area contributed by atoms with E-state index in [1.165, 1.54) is 29.1 Å². The van der Waals surface area contributed by atoms with E-state index in [1.807, 2.05) is 0 Å². The van der Waals surface area contributed by atoms with Gasteiger partial charge in [-0.3, -0.25) is 9.98 Å². The SMILES string of the molecule is C[C@@H]1N=C(c2ncccc2F)c2c(ccc(C(F)(F)F)c2Cl)-n2cc(CO)nc21. The monoisotopic (exact) mass is 424 g/mol. The van der Waals surface area contributed by atoms with Crippen molar-refractivity contribution in [2.24, 2.45) is 4.99 Å². The second-order valence-electron chi connectivity index (χ2n) is 6.43. The van der Waals surface area contributed by atoms with E-state index in [0.29, 0.717) is 11.5 Å². The van der Waals surface area contributed by atoms with Crippen molar-refractivity contribution in [3.05, 3.63) is 75.8 Å². The predicted octanol–water partition coefficient (Wildman–Crippen LogP) is 4.48. The number of fused-ring (bicyclic) bond motifs is 3. The van der Waals surface area contributed by atoms with Gasteiger partial charge in [0.05, 0.1) is 34.3 Å². The molecule has 0 bridgehead atoms. The van der Waals surface area contributed by atoms with E-state index in [9.17, 15) is 22.7 Å². The van der Waals surface area contributed by atoms with E-state index in [1.54, 1.807) is 6.92 Å². The Balaban J connectivity index is 2.10. The Morgan fingerprint density at radius 2 is 2.00 bits per heavy atom. The second-order valence-corrected chi connectivity index (χ2v) is 6.80. The van der Waals surface area contributed by atoms with Gasteiger partial charge in [-0.1, -0.05) is 11.6 Å². The zero-order chi connectivity index (χ0) is 20.9. The summed E-state index contributed by atoms with van der Waals surface area (Å²) in [5.74, 6) is -0.370. The number of alkyl halides is 3. The number of nitrogens with zero attached hydrogens (tertiary/aromatic N) is 4. The minimum Gasteiger partial charge on any atom is -0.390 e. The lowest BCUT2D eigenvalue weighted by Gasteiger charge is -2.17. The van der Waals surface area contributed by atoms with Gasteiger partial charge >= 0.3 is 6.18 Å². The molecule has 0 fully saturated rings. The van der Waals surface area contributed by atoms with E-state index in [-0.39, 0.29) is 29.3 Å². The smallest absolute Gasteiger partial charge is 0.390 e. The van der Waals surface area contributed by atoms with Gasteiger partial charge in [0.25, 0.3) is 0 Å². The molecule has 3 aromatic rings. The molecule has 1 atom stereocenters. The lowest BCUT2D eigenvalue weighted by atomic mass is 10.00. The number of benzene rings is 1. The van der Waals surface area contributed by atoms with Gasteiger partial charge in [-0.05, 0) is 31.2 Å². The summed E-state index contributed by atoms with van der Waals surface area (Å²) < 4.78 is 56.5. The van der Waals surface area contributed by atoms with Crippen LogP contribution in [0.3, 0.4) is 0 Å². The second kappa shape index (κ2) is 6.93. The molecule has 1 N–H and O–H groups in total. The van der Waals surface area contributed by atoms with E-state index in [4.69, 9.17) is 11.6 Å². The summed E-state index contributed by atoms with van der Waals surface area (Å²) in [6.45, 7) is 1.30. The van der Waals surface area contributed by atoms with Crippen LogP contribution < -0.4 is 0 Å². The quantitative estimate of drug-likeness (QED) is 0.617. The summed E-state index contributed by atoms with van der Waals surface area (Å²) in [5.41, 5.74) is -0.935. The van der Waals surface area contributed by atoms with Gasteiger partial charge in [0.2, 0.25) is 0 Å². The zero-order valence-corrected chi connectivity index (χ0v) is 15.6. The number of hydrogen-bond acceptors (Lipinski definition) is 4. The summed E-state index contributed by atoms with van der Waals surface area (Å²) >= 11 is 6.20. The molecule has 0 saturated carbocycles. The third kappa shape index (κ3) is 3.20. The Morgan fingerprint density at radius 1 is 1.24 bits per heavy atom. The molecule has 150 valence electrons. The highest BCUT2D eigenvalue weighted by Crippen LogP contribution is 2.41. The standard InChI is InChI=1S/C19H13ClF4N4O/c1-9-18-27-10(8-29)7-28(18)13-5-4-11(19(22,23)24)15(20)14(13)17(26-9)16-12(21)3-2-6-25-16/h2-7,9,29H,8H2,1H3/t9-/m0/s1. The lowest BCUT2D eigenvalue weighted by Crippen LogP contribution is -2.15. The molecular formula is C19H13ClF4N4O. The number of rotatable bonds is 2. The first kappa shape index (κ1) is 19.5. The molecule has 3 heterocycles. The number of aliphatic hydroxyl groups excluding tert-OH is 1. The highest BCUT2D eigenvalue weighted by Gasteiger charge is 2.37. The number of halogens is 5. The van der Waals surface area contributed by atoms with Crippen molar-refractivity contribution in [3.63, 3.8) is 0 Å². The Kier molecular flexibility index (Phi) is 4.66. The van der Waals surface area contributed by atoms with Crippen LogP contribution in [0.1, 0.15) is 41.3 Å². The fourth-order valence-electron chi connectivity index (χ4n) is 3.28. The Bertz CT molecular complexity index is 1140. The van der Waals surface area contributed by atoms with Crippen molar-refractivity contribution < 1.29 is 22.7 Å². The minimum atomic E-state index is -4.72. The number of imidazole rings is 1. The molecule has 0 amide bonds. The van der Waals surface area contributed by atoms with Crippen molar-refractivity contribution in [1.82, 2.24) is 14.5 Å². The topological polar surface area (TPSA) is 63.3 Å². The van der Waals surface area contributed by atoms with Crippen molar-refractivity contribution >= 4 is 17.3 Å². The first-order valence-corrected chi connectivity index (χ1v) is 8.88. The normalized spacial score (nSPS) is 16.1. The molecule has 4 rings (SSSR count). The van der Waals surface area contributed by atoms with Gasteiger partial charge < -0.3 is 9.67 Å². The molecule has 0 spiro atoms. The first-order chi connectivity index (χ1) is 13.7. The average molecular weight is 425 g/mol. The Labute approximate surface area is 167 Å². The molecular weight excluding hydrogens is 412 g/mol. The maximum atomic E-state index is 14.5. The van der Waals surface area contributed by atoms with Crippen LogP contribution in [-0.2, 0) is 12.8 Å².